The van der Waals surface area contributed by atoms with Gasteiger partial charge in [0, 0.05) is 42.5 Å². The third-order valence-corrected chi connectivity index (χ3v) is 4.56. The number of benzene rings is 1. The third kappa shape index (κ3) is 3.63. The Morgan fingerprint density at radius 2 is 1.90 bits per heavy atom. The van der Waals surface area contributed by atoms with Crippen LogP contribution in [0.5, 0.6) is 11.5 Å². The van der Waals surface area contributed by atoms with Crippen molar-refractivity contribution in [1.29, 1.82) is 0 Å². The second kappa shape index (κ2) is 7.29. The molecular weight excluding hydrogens is 399 g/mol. The van der Waals surface area contributed by atoms with E-state index in [9.17, 15) is 13.2 Å². The number of aryl methyl sites for hydroxylation is 1. The Bertz CT molecular complexity index is 1210. The molecule has 10 heteroatoms. The molecule has 0 atom stereocenters. The smallest absolute Gasteiger partial charge is 0.435 e. The fourth-order valence-corrected chi connectivity index (χ4v) is 3.17. The number of aromatic amines is 1. The largest absolute Gasteiger partial charge is 0.497 e. The summed E-state index contributed by atoms with van der Waals surface area (Å²) in [7, 11) is 4.56. The first kappa shape index (κ1) is 19.6. The highest BCUT2D eigenvalue weighted by Gasteiger charge is 2.37. The molecule has 30 heavy (non-hydrogen) atoms. The maximum atomic E-state index is 13.3. The van der Waals surface area contributed by atoms with Crippen LogP contribution in [-0.2, 0) is 13.2 Å². The fraction of sp³-hybridized carbons (Fsp3) is 0.200. The summed E-state index contributed by atoms with van der Waals surface area (Å²) in [6.07, 6.45) is -1.64. The minimum absolute atomic E-state index is 0.0208. The molecule has 2 N–H and O–H groups in total. The van der Waals surface area contributed by atoms with Crippen LogP contribution in [0.3, 0.4) is 0 Å². The number of fused-ring (bicyclic) bond motifs is 1. The molecule has 0 aliphatic carbocycles. The molecule has 0 spiro atoms. The number of nitrogens with one attached hydrogen (secondary N) is 2. The number of pyridine rings is 1. The molecule has 0 unspecified atom stereocenters. The summed E-state index contributed by atoms with van der Waals surface area (Å²) in [5.41, 5.74) is 0.653. The average Bonchev–Trinajstić information content (AvgIpc) is 3.31. The van der Waals surface area contributed by atoms with E-state index in [1.807, 2.05) is 0 Å². The van der Waals surface area contributed by atoms with Gasteiger partial charge in [-0.3, -0.25) is 4.68 Å². The second-order valence-corrected chi connectivity index (χ2v) is 6.59. The lowest BCUT2D eigenvalue weighted by atomic mass is 10.2. The van der Waals surface area contributed by atoms with Crippen molar-refractivity contribution < 1.29 is 22.6 Å². The first-order valence-corrected chi connectivity index (χ1v) is 8.87. The Balaban J connectivity index is 1.69. The normalized spacial score (nSPS) is 11.7. The summed E-state index contributed by atoms with van der Waals surface area (Å²) in [6.45, 7) is 0. The number of ether oxygens (including phenoxy) is 2. The molecule has 0 bridgehead atoms. The van der Waals surface area contributed by atoms with E-state index < -0.39 is 11.9 Å². The standard InChI is InChI=1S/C20H18F3N5O2/c1-28-10-13(19(27-28)20(21,22)23)16-6-11-9-24-18(8-15(11)25-16)26-14-5-4-12(29-2)7-17(14)30-3/h4-10,25H,1-3H3,(H,24,26). The molecule has 4 rings (SSSR count). The molecular formula is C20H18F3N5O2. The number of H-pyrrole nitrogens is 1. The number of rotatable bonds is 5. The topological polar surface area (TPSA) is 77.0 Å². The Morgan fingerprint density at radius 3 is 2.60 bits per heavy atom. The number of nitrogens with zero attached hydrogens (tertiary/aromatic N) is 3. The number of hydrogen-bond donors (Lipinski definition) is 2. The van der Waals surface area contributed by atoms with Gasteiger partial charge in [-0.05, 0) is 18.2 Å². The van der Waals surface area contributed by atoms with Gasteiger partial charge >= 0.3 is 6.18 Å². The SMILES string of the molecule is COc1ccc(Nc2cc3[nH]c(-c4cn(C)nc4C(F)(F)F)cc3cn2)c(OC)c1. The zero-order valence-corrected chi connectivity index (χ0v) is 16.3. The highest BCUT2D eigenvalue weighted by atomic mass is 19.4. The van der Waals surface area contributed by atoms with Crippen molar-refractivity contribution in [1.82, 2.24) is 19.7 Å². The predicted octanol–water partition coefficient (Wildman–Crippen LogP) is 4.74. The van der Waals surface area contributed by atoms with Gasteiger partial charge in [0.2, 0.25) is 0 Å². The summed E-state index contributed by atoms with van der Waals surface area (Å²) >= 11 is 0. The van der Waals surface area contributed by atoms with E-state index in [4.69, 9.17) is 9.47 Å². The summed E-state index contributed by atoms with van der Waals surface area (Å²) in [6, 6.07) is 8.62. The van der Waals surface area contributed by atoms with Crippen molar-refractivity contribution in [3.63, 3.8) is 0 Å². The van der Waals surface area contributed by atoms with E-state index >= 15 is 0 Å². The average molecular weight is 417 g/mol. The predicted molar refractivity (Wildman–Crippen MR) is 106 cm³/mol. The third-order valence-electron chi connectivity index (χ3n) is 4.56. The zero-order valence-electron chi connectivity index (χ0n) is 16.3. The van der Waals surface area contributed by atoms with Gasteiger partial charge in [-0.1, -0.05) is 0 Å². The van der Waals surface area contributed by atoms with Gasteiger partial charge in [0.1, 0.15) is 17.3 Å². The number of halogens is 3. The Morgan fingerprint density at radius 1 is 1.10 bits per heavy atom. The zero-order chi connectivity index (χ0) is 21.5. The molecule has 0 amide bonds. The van der Waals surface area contributed by atoms with Crippen LogP contribution in [0.1, 0.15) is 5.69 Å². The molecule has 7 nitrogen and oxygen atoms in total. The molecule has 0 aliphatic rings. The Hall–Kier alpha value is -3.69. The van der Waals surface area contributed by atoms with E-state index in [0.29, 0.717) is 39.6 Å². The minimum Gasteiger partial charge on any atom is -0.497 e. The van der Waals surface area contributed by atoms with Crippen LogP contribution in [0.2, 0.25) is 0 Å². The maximum Gasteiger partial charge on any atom is 0.435 e. The molecule has 0 saturated heterocycles. The summed E-state index contributed by atoms with van der Waals surface area (Å²) in [5.74, 6) is 1.71. The number of anilines is 2. The van der Waals surface area contributed by atoms with Gasteiger partial charge in [0.25, 0.3) is 0 Å². The summed E-state index contributed by atoms with van der Waals surface area (Å²) < 4.78 is 51.6. The van der Waals surface area contributed by atoms with Crippen molar-refractivity contribution in [3.05, 3.63) is 48.4 Å². The van der Waals surface area contributed by atoms with Gasteiger partial charge in [-0.15, -0.1) is 0 Å². The maximum absolute atomic E-state index is 13.3. The van der Waals surface area contributed by atoms with Crippen LogP contribution in [-0.4, -0.2) is 34.0 Å². The first-order chi connectivity index (χ1) is 14.3. The lowest BCUT2D eigenvalue weighted by Gasteiger charge is -2.12. The highest BCUT2D eigenvalue weighted by Crippen LogP contribution is 2.37. The van der Waals surface area contributed by atoms with E-state index in [1.54, 1.807) is 50.7 Å². The van der Waals surface area contributed by atoms with Crippen LogP contribution in [0.4, 0.5) is 24.7 Å². The van der Waals surface area contributed by atoms with Crippen molar-refractivity contribution in [3.8, 4) is 22.8 Å². The van der Waals surface area contributed by atoms with Crippen molar-refractivity contribution in [2.75, 3.05) is 19.5 Å². The molecule has 1 aromatic carbocycles. The van der Waals surface area contributed by atoms with Crippen LogP contribution in [0.15, 0.2) is 42.7 Å². The second-order valence-electron chi connectivity index (χ2n) is 6.59. The lowest BCUT2D eigenvalue weighted by molar-refractivity contribution is -0.141. The number of hydrogen-bond acceptors (Lipinski definition) is 5. The molecule has 0 aliphatic heterocycles. The molecule has 3 aromatic heterocycles. The van der Waals surface area contributed by atoms with Crippen LogP contribution in [0.25, 0.3) is 22.2 Å². The van der Waals surface area contributed by atoms with Gasteiger partial charge < -0.3 is 19.8 Å². The van der Waals surface area contributed by atoms with Gasteiger partial charge in [0.15, 0.2) is 5.69 Å². The van der Waals surface area contributed by atoms with Crippen molar-refractivity contribution in [2.24, 2.45) is 7.05 Å². The number of aromatic nitrogens is 4. The molecule has 156 valence electrons. The monoisotopic (exact) mass is 417 g/mol. The van der Waals surface area contributed by atoms with E-state index in [2.05, 4.69) is 20.4 Å². The van der Waals surface area contributed by atoms with Crippen LogP contribution in [0, 0.1) is 0 Å². The van der Waals surface area contributed by atoms with E-state index in [1.165, 1.54) is 13.2 Å². The minimum atomic E-state index is -4.55. The van der Waals surface area contributed by atoms with Gasteiger partial charge in [0.05, 0.1) is 31.1 Å². The summed E-state index contributed by atoms with van der Waals surface area (Å²) in [5, 5.41) is 7.38. The molecule has 0 saturated carbocycles. The number of alkyl halides is 3. The summed E-state index contributed by atoms with van der Waals surface area (Å²) in [4.78, 5) is 7.37. The number of methoxy groups -OCH3 is 2. The van der Waals surface area contributed by atoms with Gasteiger partial charge in [-0.25, -0.2) is 4.98 Å². The molecule has 4 aromatic rings. The van der Waals surface area contributed by atoms with Crippen LogP contribution < -0.4 is 14.8 Å². The molecule has 0 fully saturated rings. The quantitative estimate of drug-likeness (QED) is 0.490. The van der Waals surface area contributed by atoms with Crippen LogP contribution >= 0.6 is 0 Å². The van der Waals surface area contributed by atoms with E-state index in [0.717, 1.165) is 4.68 Å². The first-order valence-electron chi connectivity index (χ1n) is 8.87. The fourth-order valence-electron chi connectivity index (χ4n) is 3.17. The van der Waals surface area contributed by atoms with Gasteiger partial charge in [-0.2, -0.15) is 18.3 Å². The van der Waals surface area contributed by atoms with Crippen molar-refractivity contribution >= 4 is 22.4 Å². The molecule has 3 heterocycles. The molecule has 0 radical (unpaired) electrons. The lowest BCUT2D eigenvalue weighted by Crippen LogP contribution is -2.08. The Labute approximate surface area is 169 Å². The highest BCUT2D eigenvalue weighted by molar-refractivity contribution is 5.87. The van der Waals surface area contributed by atoms with E-state index in [-0.39, 0.29) is 5.56 Å². The Kier molecular flexibility index (Phi) is 4.76. The van der Waals surface area contributed by atoms with Crippen molar-refractivity contribution in [2.45, 2.75) is 6.18 Å².